The summed E-state index contributed by atoms with van der Waals surface area (Å²) in [4.78, 5) is 6.45. The maximum absolute atomic E-state index is 12.6. The summed E-state index contributed by atoms with van der Waals surface area (Å²) in [5, 5.41) is 2.10. The summed E-state index contributed by atoms with van der Waals surface area (Å²) in [6, 6.07) is 8.79. The maximum atomic E-state index is 12.6. The second-order valence-corrected chi connectivity index (χ2v) is 9.70. The second kappa shape index (κ2) is 6.43. The largest absolute Gasteiger partial charge is 0.298 e. The first-order valence-electron chi connectivity index (χ1n) is 9.31. The van der Waals surface area contributed by atoms with Gasteiger partial charge in [-0.25, -0.2) is 8.42 Å². The van der Waals surface area contributed by atoms with Crippen molar-refractivity contribution in [2.24, 2.45) is 11.8 Å². The van der Waals surface area contributed by atoms with Gasteiger partial charge in [0.05, 0.1) is 22.8 Å². The van der Waals surface area contributed by atoms with Crippen molar-refractivity contribution in [3.05, 3.63) is 30.3 Å². The summed E-state index contributed by atoms with van der Waals surface area (Å²) in [5.74, 6) is 1.42. The van der Waals surface area contributed by atoms with Crippen LogP contribution in [0.2, 0.25) is 0 Å². The fourth-order valence-electron chi connectivity index (χ4n) is 5.30. The smallest absolute Gasteiger partial charge is 0.179 e. The summed E-state index contributed by atoms with van der Waals surface area (Å²) in [6.45, 7) is 1.27. The van der Waals surface area contributed by atoms with E-state index in [9.17, 15) is 8.42 Å². The molecule has 2 saturated carbocycles. The third-order valence-corrected chi connectivity index (χ3v) is 8.18. The third kappa shape index (κ3) is 2.71. The highest BCUT2D eigenvalue weighted by Gasteiger charge is 2.58. The van der Waals surface area contributed by atoms with E-state index < -0.39 is 9.84 Å². The van der Waals surface area contributed by atoms with E-state index in [0.29, 0.717) is 23.3 Å². The zero-order chi connectivity index (χ0) is 16.6. The van der Waals surface area contributed by atoms with Gasteiger partial charge in [0.1, 0.15) is 0 Å². The Kier molecular flexibility index (Phi) is 4.43. The zero-order valence-electron chi connectivity index (χ0n) is 14.2. The van der Waals surface area contributed by atoms with E-state index in [1.54, 1.807) is 24.3 Å². The summed E-state index contributed by atoms with van der Waals surface area (Å²) >= 11 is 0. The van der Waals surface area contributed by atoms with Gasteiger partial charge in [-0.3, -0.25) is 4.84 Å². The Bertz CT molecular complexity index is 675. The number of nitrogens with zero attached hydrogens (tertiary/aromatic N) is 1. The van der Waals surface area contributed by atoms with E-state index in [-0.39, 0.29) is 11.3 Å². The van der Waals surface area contributed by atoms with Crippen LogP contribution in [0.4, 0.5) is 0 Å². The van der Waals surface area contributed by atoms with Crippen molar-refractivity contribution in [2.75, 3.05) is 18.9 Å². The van der Waals surface area contributed by atoms with Gasteiger partial charge >= 0.3 is 0 Å². The molecule has 1 aromatic rings. The summed E-state index contributed by atoms with van der Waals surface area (Å²) < 4.78 is 25.2. The van der Waals surface area contributed by atoms with Crippen LogP contribution < -0.4 is 0 Å². The minimum absolute atomic E-state index is 0.114. The standard InChI is InChI=1S/C19H27NO3S/c21-24(22,18-8-4-1-5-9-18)14-13-20-19-12-6-2-3-7-16(19)10-11-17(19)15-23-20/h1,4-5,8-9,16-17H,2-3,6-7,10-15H2/t16-,17+,19+/m0/s1. The van der Waals surface area contributed by atoms with Gasteiger partial charge in [-0.05, 0) is 43.7 Å². The predicted octanol–water partition coefficient (Wildman–Crippen LogP) is 3.44. The molecular weight excluding hydrogens is 322 g/mol. The van der Waals surface area contributed by atoms with Crippen LogP contribution in [0.1, 0.15) is 44.9 Å². The molecule has 2 aliphatic carbocycles. The summed E-state index contributed by atoms with van der Waals surface area (Å²) in [5.41, 5.74) is 0.114. The molecule has 24 heavy (non-hydrogen) atoms. The molecule has 0 amide bonds. The van der Waals surface area contributed by atoms with Crippen molar-refractivity contribution in [3.63, 3.8) is 0 Å². The lowest BCUT2D eigenvalue weighted by Gasteiger charge is -2.40. The second-order valence-electron chi connectivity index (χ2n) is 7.59. The lowest BCUT2D eigenvalue weighted by atomic mass is 9.77. The molecule has 3 atom stereocenters. The Morgan fingerprint density at radius 3 is 2.67 bits per heavy atom. The van der Waals surface area contributed by atoms with Crippen LogP contribution in [-0.4, -0.2) is 37.9 Å². The molecule has 0 aromatic heterocycles. The minimum atomic E-state index is -3.25. The van der Waals surface area contributed by atoms with E-state index in [1.165, 1.54) is 44.9 Å². The maximum Gasteiger partial charge on any atom is 0.179 e. The van der Waals surface area contributed by atoms with Gasteiger partial charge in [-0.1, -0.05) is 37.5 Å². The quantitative estimate of drug-likeness (QED) is 0.835. The Hall–Kier alpha value is -0.910. The van der Waals surface area contributed by atoms with Crippen molar-refractivity contribution in [1.29, 1.82) is 0 Å². The van der Waals surface area contributed by atoms with Crippen LogP contribution in [-0.2, 0) is 14.7 Å². The molecule has 0 N–H and O–H groups in total. The van der Waals surface area contributed by atoms with Gasteiger partial charge in [-0.2, -0.15) is 5.06 Å². The number of hydroxylamine groups is 2. The highest BCUT2D eigenvalue weighted by atomic mass is 32.2. The molecule has 1 aliphatic heterocycles. The Balaban J connectivity index is 1.52. The van der Waals surface area contributed by atoms with Crippen molar-refractivity contribution >= 4 is 9.84 Å². The number of rotatable bonds is 4. The molecule has 1 saturated heterocycles. The van der Waals surface area contributed by atoms with Crippen LogP contribution in [0.5, 0.6) is 0 Å². The fraction of sp³-hybridized carbons (Fsp3) is 0.684. The minimum Gasteiger partial charge on any atom is -0.298 e. The van der Waals surface area contributed by atoms with Crippen LogP contribution >= 0.6 is 0 Å². The van der Waals surface area contributed by atoms with Crippen LogP contribution in [0.3, 0.4) is 0 Å². The van der Waals surface area contributed by atoms with E-state index in [2.05, 4.69) is 5.06 Å². The first-order chi connectivity index (χ1) is 11.6. The molecule has 4 rings (SSSR count). The monoisotopic (exact) mass is 349 g/mol. The molecule has 1 heterocycles. The van der Waals surface area contributed by atoms with Crippen molar-refractivity contribution in [1.82, 2.24) is 5.06 Å². The Morgan fingerprint density at radius 1 is 1.04 bits per heavy atom. The number of hydrogen-bond acceptors (Lipinski definition) is 4. The van der Waals surface area contributed by atoms with Gasteiger partial charge in [0.15, 0.2) is 9.84 Å². The number of hydrogen-bond donors (Lipinski definition) is 0. The van der Waals surface area contributed by atoms with E-state index in [1.807, 2.05) is 6.07 Å². The first-order valence-corrected chi connectivity index (χ1v) is 11.0. The topological polar surface area (TPSA) is 46.6 Å². The third-order valence-electron chi connectivity index (χ3n) is 6.47. The van der Waals surface area contributed by atoms with E-state index in [4.69, 9.17) is 4.84 Å². The summed E-state index contributed by atoms with van der Waals surface area (Å²) in [6.07, 6.45) is 8.85. The normalized spacial score (nSPS) is 33.8. The lowest BCUT2D eigenvalue weighted by Crippen LogP contribution is -2.50. The van der Waals surface area contributed by atoms with E-state index in [0.717, 1.165) is 6.61 Å². The molecule has 1 aromatic carbocycles. The highest BCUT2D eigenvalue weighted by molar-refractivity contribution is 7.91. The van der Waals surface area contributed by atoms with Crippen molar-refractivity contribution in [3.8, 4) is 0 Å². The molecule has 132 valence electrons. The van der Waals surface area contributed by atoms with Crippen LogP contribution in [0, 0.1) is 11.8 Å². The first kappa shape index (κ1) is 16.6. The average Bonchev–Trinajstić information content (AvgIpc) is 3.03. The molecule has 3 fully saturated rings. The Morgan fingerprint density at radius 2 is 1.83 bits per heavy atom. The molecule has 5 heteroatoms. The van der Waals surface area contributed by atoms with Crippen molar-refractivity contribution in [2.45, 2.75) is 55.4 Å². The van der Waals surface area contributed by atoms with E-state index >= 15 is 0 Å². The molecule has 1 spiro atoms. The molecule has 0 bridgehead atoms. The average molecular weight is 349 g/mol. The molecule has 3 aliphatic rings. The van der Waals surface area contributed by atoms with Gasteiger partial charge in [0, 0.05) is 12.5 Å². The van der Waals surface area contributed by atoms with Gasteiger partial charge in [0.25, 0.3) is 0 Å². The fourth-order valence-corrected chi connectivity index (χ4v) is 6.51. The number of sulfone groups is 1. The van der Waals surface area contributed by atoms with Crippen LogP contribution in [0.15, 0.2) is 35.2 Å². The molecule has 0 unspecified atom stereocenters. The zero-order valence-corrected chi connectivity index (χ0v) is 15.0. The molecular formula is C19H27NO3S. The van der Waals surface area contributed by atoms with Crippen molar-refractivity contribution < 1.29 is 13.3 Å². The molecule has 0 radical (unpaired) electrons. The lowest BCUT2D eigenvalue weighted by molar-refractivity contribution is -0.174. The van der Waals surface area contributed by atoms with Gasteiger partial charge < -0.3 is 0 Å². The SMILES string of the molecule is O=S(=O)(CCN1OC[C@H]2CC[C@@H]3CCCCC[C@@]321)c1ccccc1. The molecule has 4 nitrogen and oxygen atoms in total. The van der Waals surface area contributed by atoms with Gasteiger partial charge in [-0.15, -0.1) is 0 Å². The van der Waals surface area contributed by atoms with Crippen LogP contribution in [0.25, 0.3) is 0 Å². The summed E-state index contributed by atoms with van der Waals surface area (Å²) in [7, 11) is -3.25. The highest BCUT2D eigenvalue weighted by Crippen LogP contribution is 2.54. The predicted molar refractivity (Wildman–Crippen MR) is 93.2 cm³/mol. The Labute approximate surface area is 145 Å². The van der Waals surface area contributed by atoms with Gasteiger partial charge in [0.2, 0.25) is 0 Å². The number of benzene rings is 1.